The quantitative estimate of drug-likeness (QED) is 0.616. The summed E-state index contributed by atoms with van der Waals surface area (Å²) >= 11 is 0. The highest BCUT2D eigenvalue weighted by Crippen LogP contribution is 2.36. The third kappa shape index (κ3) is 3.46. The molecule has 6 heteroatoms. The summed E-state index contributed by atoms with van der Waals surface area (Å²) in [5.74, 6) is 0.0302. The van der Waals surface area contributed by atoms with Crippen molar-refractivity contribution in [3.8, 4) is 0 Å². The number of urea groups is 1. The average Bonchev–Trinajstić information content (AvgIpc) is 2.57. The lowest BCUT2D eigenvalue weighted by Crippen LogP contribution is -2.43. The molecule has 16 heavy (non-hydrogen) atoms. The van der Waals surface area contributed by atoms with E-state index in [1.807, 2.05) is 5.32 Å². The Morgan fingerprint density at radius 1 is 1.56 bits per heavy atom. The van der Waals surface area contributed by atoms with Crippen molar-refractivity contribution in [3.05, 3.63) is 0 Å². The molecule has 1 saturated carbocycles. The molecule has 0 aromatic heterocycles. The molecule has 0 radical (unpaired) electrons. The van der Waals surface area contributed by atoms with Crippen LogP contribution in [0.15, 0.2) is 0 Å². The van der Waals surface area contributed by atoms with Crippen molar-refractivity contribution in [1.82, 2.24) is 5.32 Å². The van der Waals surface area contributed by atoms with Crippen LogP contribution in [-0.2, 0) is 9.53 Å². The van der Waals surface area contributed by atoms with Gasteiger partial charge < -0.3 is 16.2 Å². The van der Waals surface area contributed by atoms with Crippen LogP contribution in [0.1, 0.15) is 26.2 Å². The van der Waals surface area contributed by atoms with Gasteiger partial charge in [-0.2, -0.15) is 0 Å². The predicted octanol–water partition coefficient (Wildman–Crippen LogP) is -0.285. The maximum Gasteiger partial charge on any atom is 0.318 e. The van der Waals surface area contributed by atoms with E-state index in [0.29, 0.717) is 12.5 Å². The summed E-state index contributed by atoms with van der Waals surface area (Å²) in [4.78, 5) is 21.6. The van der Waals surface area contributed by atoms with Gasteiger partial charge in [-0.1, -0.05) is 6.92 Å². The zero-order valence-electron chi connectivity index (χ0n) is 9.49. The van der Waals surface area contributed by atoms with E-state index in [4.69, 9.17) is 16.2 Å². The summed E-state index contributed by atoms with van der Waals surface area (Å²) in [5.41, 5.74) is 10.1. The summed E-state index contributed by atoms with van der Waals surface area (Å²) in [7, 11) is 0. The van der Waals surface area contributed by atoms with Crippen LogP contribution in [0, 0.1) is 5.92 Å². The van der Waals surface area contributed by atoms with Crippen LogP contribution in [0.25, 0.3) is 0 Å². The number of rotatable bonds is 4. The second kappa shape index (κ2) is 5.27. The van der Waals surface area contributed by atoms with Gasteiger partial charge in [0.05, 0.1) is 5.60 Å². The molecular weight excluding hydrogens is 210 g/mol. The van der Waals surface area contributed by atoms with Gasteiger partial charge in [0.2, 0.25) is 0 Å². The molecule has 1 rings (SSSR count). The van der Waals surface area contributed by atoms with E-state index in [0.717, 1.165) is 19.3 Å². The molecule has 0 spiro atoms. The van der Waals surface area contributed by atoms with Gasteiger partial charge in [0.1, 0.15) is 6.61 Å². The van der Waals surface area contributed by atoms with E-state index in [9.17, 15) is 9.59 Å². The minimum atomic E-state index is -0.866. The standard InChI is InChI=1S/C10H19N3O3/c1-7-2-3-10(4-7,6-11)16-5-8(14)13-9(12)15/h7H,2-6,11H2,1H3,(H3,12,13,14,15). The van der Waals surface area contributed by atoms with Crippen LogP contribution in [0.4, 0.5) is 4.79 Å². The molecule has 2 atom stereocenters. The number of nitrogens with two attached hydrogens (primary N) is 2. The zero-order valence-corrected chi connectivity index (χ0v) is 9.49. The third-order valence-corrected chi connectivity index (χ3v) is 2.96. The van der Waals surface area contributed by atoms with Gasteiger partial charge in [-0.25, -0.2) is 4.79 Å². The van der Waals surface area contributed by atoms with Gasteiger partial charge in [0.15, 0.2) is 0 Å². The second-order valence-corrected chi connectivity index (χ2v) is 4.44. The fourth-order valence-corrected chi connectivity index (χ4v) is 2.12. The maximum absolute atomic E-state index is 11.2. The smallest absolute Gasteiger partial charge is 0.318 e. The number of ether oxygens (including phenoxy) is 1. The molecule has 5 N–H and O–H groups in total. The van der Waals surface area contributed by atoms with Crippen molar-refractivity contribution in [2.24, 2.45) is 17.4 Å². The number of hydrogen-bond donors (Lipinski definition) is 3. The van der Waals surface area contributed by atoms with Crippen LogP contribution < -0.4 is 16.8 Å². The van der Waals surface area contributed by atoms with Crippen molar-refractivity contribution in [3.63, 3.8) is 0 Å². The molecule has 6 nitrogen and oxygen atoms in total. The zero-order chi connectivity index (χ0) is 12.2. The minimum absolute atomic E-state index is 0.174. The molecule has 0 saturated heterocycles. The average molecular weight is 229 g/mol. The number of hydrogen-bond acceptors (Lipinski definition) is 4. The lowest BCUT2D eigenvalue weighted by atomic mass is 10.0. The predicted molar refractivity (Wildman–Crippen MR) is 58.5 cm³/mol. The fraction of sp³-hybridized carbons (Fsp3) is 0.800. The number of amides is 3. The van der Waals surface area contributed by atoms with Crippen molar-refractivity contribution in [1.29, 1.82) is 0 Å². The first-order chi connectivity index (χ1) is 7.47. The molecule has 0 bridgehead atoms. The summed E-state index contributed by atoms with van der Waals surface area (Å²) in [6.07, 6.45) is 2.76. The van der Waals surface area contributed by atoms with Crippen LogP contribution in [0.2, 0.25) is 0 Å². The first-order valence-corrected chi connectivity index (χ1v) is 5.41. The van der Waals surface area contributed by atoms with Gasteiger partial charge in [-0.3, -0.25) is 10.1 Å². The van der Waals surface area contributed by atoms with E-state index in [1.54, 1.807) is 0 Å². The maximum atomic E-state index is 11.2. The Morgan fingerprint density at radius 3 is 2.69 bits per heavy atom. The highest BCUT2D eigenvalue weighted by molar-refractivity contribution is 5.94. The molecule has 1 aliphatic rings. The van der Waals surface area contributed by atoms with Crippen LogP contribution >= 0.6 is 0 Å². The molecule has 0 aliphatic heterocycles. The molecule has 1 fully saturated rings. The number of carbonyl (C=O) groups is 2. The monoisotopic (exact) mass is 229 g/mol. The number of carbonyl (C=O) groups excluding carboxylic acids is 2. The van der Waals surface area contributed by atoms with Crippen molar-refractivity contribution < 1.29 is 14.3 Å². The normalized spacial score (nSPS) is 29.0. The third-order valence-electron chi connectivity index (χ3n) is 2.96. The Kier molecular flexibility index (Phi) is 4.26. The van der Waals surface area contributed by atoms with Gasteiger partial charge in [-0.05, 0) is 25.2 Å². The SMILES string of the molecule is CC1CCC(CN)(OCC(=O)NC(N)=O)C1. The minimum Gasteiger partial charge on any atom is -0.364 e. The molecule has 0 aromatic carbocycles. The van der Waals surface area contributed by atoms with E-state index >= 15 is 0 Å². The first-order valence-electron chi connectivity index (χ1n) is 5.41. The molecule has 0 heterocycles. The van der Waals surface area contributed by atoms with E-state index < -0.39 is 17.5 Å². The Labute approximate surface area is 94.7 Å². The van der Waals surface area contributed by atoms with E-state index in [2.05, 4.69) is 6.92 Å². The molecule has 92 valence electrons. The summed E-state index contributed by atoms with van der Waals surface area (Å²) in [6.45, 7) is 2.35. The Balaban J connectivity index is 2.40. The second-order valence-electron chi connectivity index (χ2n) is 4.44. The topological polar surface area (TPSA) is 107 Å². The van der Waals surface area contributed by atoms with E-state index in [-0.39, 0.29) is 6.61 Å². The van der Waals surface area contributed by atoms with Gasteiger partial charge in [-0.15, -0.1) is 0 Å². The first kappa shape index (κ1) is 12.9. The number of primary amides is 1. The van der Waals surface area contributed by atoms with Crippen LogP contribution in [0.3, 0.4) is 0 Å². The van der Waals surface area contributed by atoms with Crippen LogP contribution in [0.5, 0.6) is 0 Å². The number of nitrogens with one attached hydrogen (secondary N) is 1. The fourth-order valence-electron chi connectivity index (χ4n) is 2.12. The molecular formula is C10H19N3O3. The highest BCUT2D eigenvalue weighted by Gasteiger charge is 2.37. The van der Waals surface area contributed by atoms with Gasteiger partial charge in [0, 0.05) is 6.54 Å². The summed E-state index contributed by atoms with van der Waals surface area (Å²) in [6, 6.07) is -0.866. The largest absolute Gasteiger partial charge is 0.364 e. The van der Waals surface area contributed by atoms with Crippen molar-refractivity contribution in [2.75, 3.05) is 13.2 Å². The molecule has 3 amide bonds. The Morgan fingerprint density at radius 2 is 2.25 bits per heavy atom. The molecule has 1 aliphatic carbocycles. The lowest BCUT2D eigenvalue weighted by molar-refractivity contribution is -0.131. The summed E-state index contributed by atoms with van der Waals surface area (Å²) in [5, 5.41) is 1.95. The van der Waals surface area contributed by atoms with E-state index in [1.165, 1.54) is 0 Å². The molecule has 0 aromatic rings. The Hall–Kier alpha value is -1.14. The van der Waals surface area contributed by atoms with Crippen molar-refractivity contribution >= 4 is 11.9 Å². The van der Waals surface area contributed by atoms with Crippen molar-refractivity contribution in [2.45, 2.75) is 31.8 Å². The highest BCUT2D eigenvalue weighted by atomic mass is 16.5. The Bertz CT molecular complexity index is 282. The van der Waals surface area contributed by atoms with Gasteiger partial charge >= 0.3 is 6.03 Å². The number of imide groups is 1. The van der Waals surface area contributed by atoms with Crippen LogP contribution in [-0.4, -0.2) is 30.7 Å². The lowest BCUT2D eigenvalue weighted by Gasteiger charge is -2.27. The molecule has 2 unspecified atom stereocenters. The van der Waals surface area contributed by atoms with Gasteiger partial charge in [0.25, 0.3) is 5.91 Å². The summed E-state index contributed by atoms with van der Waals surface area (Å²) < 4.78 is 5.53.